The van der Waals surface area contributed by atoms with Gasteiger partial charge in [-0.2, -0.15) is 0 Å². The summed E-state index contributed by atoms with van der Waals surface area (Å²) in [6, 6.07) is 0. The fraction of sp³-hybridized carbons (Fsp3) is 1.00. The Bertz CT molecular complexity index is 315. The van der Waals surface area contributed by atoms with E-state index in [0.717, 1.165) is 5.92 Å². The second-order valence-corrected chi connectivity index (χ2v) is 7.08. The van der Waals surface area contributed by atoms with Crippen LogP contribution >= 0.6 is 0 Å². The Morgan fingerprint density at radius 3 is 2.44 bits per heavy atom. The van der Waals surface area contributed by atoms with Crippen LogP contribution in [-0.4, -0.2) is 18.8 Å². The molecule has 0 radical (unpaired) electrons. The first-order valence-electron chi connectivity index (χ1n) is 6.69. The molecule has 0 aromatic heterocycles. The summed E-state index contributed by atoms with van der Waals surface area (Å²) in [6.45, 7) is 11.4. The summed E-state index contributed by atoms with van der Waals surface area (Å²) in [5.74, 6) is 2.00. The average molecular weight is 222 g/mol. The molecule has 4 atom stereocenters. The largest absolute Gasteiger partial charge is 0.460 e. The second kappa shape index (κ2) is 3.05. The number of hydrogen-bond donors (Lipinski definition) is 0. The fourth-order valence-corrected chi connectivity index (χ4v) is 4.19. The Balaban J connectivity index is 1.87. The number of hydrogen-bond acceptors (Lipinski definition) is 2. The summed E-state index contributed by atoms with van der Waals surface area (Å²) in [6.07, 6.45) is 2.88. The first kappa shape index (κ1) is 11.1. The van der Waals surface area contributed by atoms with Gasteiger partial charge in [0.05, 0.1) is 11.7 Å². The molecule has 1 saturated heterocycles. The van der Waals surface area contributed by atoms with Crippen molar-refractivity contribution in [1.29, 1.82) is 0 Å². The van der Waals surface area contributed by atoms with Crippen LogP contribution in [0.3, 0.4) is 0 Å². The molecule has 3 heteroatoms. The van der Waals surface area contributed by atoms with Gasteiger partial charge in [0.1, 0.15) is 0 Å². The van der Waals surface area contributed by atoms with E-state index < -0.39 is 0 Å². The Labute approximate surface area is 99.2 Å². The van der Waals surface area contributed by atoms with Gasteiger partial charge < -0.3 is 9.31 Å². The molecule has 1 aliphatic heterocycles. The maximum Gasteiger partial charge on any atom is 0.460 e. The van der Waals surface area contributed by atoms with Crippen LogP contribution in [0.25, 0.3) is 0 Å². The summed E-state index contributed by atoms with van der Waals surface area (Å²) in [5, 5.41) is 0. The van der Waals surface area contributed by atoms with Gasteiger partial charge in [-0.05, 0) is 42.8 Å². The zero-order valence-corrected chi connectivity index (χ0v) is 11.1. The Morgan fingerprint density at radius 2 is 1.88 bits per heavy atom. The molecule has 3 saturated carbocycles. The molecule has 1 heterocycles. The average Bonchev–Trinajstić information content (AvgIpc) is 2.54. The normalized spacial score (nSPS) is 49.1. The van der Waals surface area contributed by atoms with E-state index in [2.05, 4.69) is 34.6 Å². The van der Waals surface area contributed by atoms with Crippen molar-refractivity contribution in [1.82, 2.24) is 0 Å². The summed E-state index contributed by atoms with van der Waals surface area (Å²) in [4.78, 5) is 0. The van der Waals surface area contributed by atoms with Crippen molar-refractivity contribution in [2.24, 2.45) is 17.3 Å². The monoisotopic (exact) mass is 222 g/mol. The minimum Gasteiger partial charge on any atom is -0.405 e. The van der Waals surface area contributed by atoms with Crippen LogP contribution in [0.1, 0.15) is 47.5 Å². The highest BCUT2D eigenvalue weighted by atomic mass is 16.7. The van der Waals surface area contributed by atoms with E-state index in [4.69, 9.17) is 9.31 Å². The zero-order valence-electron chi connectivity index (χ0n) is 11.1. The lowest BCUT2D eigenvalue weighted by atomic mass is 9.43. The van der Waals surface area contributed by atoms with Crippen molar-refractivity contribution in [3.8, 4) is 0 Å². The maximum absolute atomic E-state index is 6.28. The standard InChI is InChI=1S/C13H23BO2/c1-8(2)14-15-11-7-9-6-10(12(9,3)4)13(11,5)16-14/h8-11H,6-7H2,1-5H3/t9?,10?,11-,13+/m0/s1. The molecule has 16 heavy (non-hydrogen) atoms. The highest BCUT2D eigenvalue weighted by molar-refractivity contribution is 6.47. The molecule has 0 N–H and O–H groups in total. The molecule has 0 aromatic rings. The van der Waals surface area contributed by atoms with E-state index >= 15 is 0 Å². The summed E-state index contributed by atoms with van der Waals surface area (Å²) in [5.41, 5.74) is 0.438. The van der Waals surface area contributed by atoms with Crippen molar-refractivity contribution >= 4 is 7.12 Å². The molecular weight excluding hydrogens is 199 g/mol. The Kier molecular flexibility index (Phi) is 2.12. The Hall–Kier alpha value is -0.0151. The summed E-state index contributed by atoms with van der Waals surface area (Å²) in [7, 11) is 0.0187. The molecule has 0 spiro atoms. The second-order valence-electron chi connectivity index (χ2n) is 7.08. The lowest BCUT2D eigenvalue weighted by molar-refractivity contribution is -0.199. The summed E-state index contributed by atoms with van der Waals surface area (Å²) >= 11 is 0. The molecule has 0 aromatic carbocycles. The fourth-order valence-electron chi connectivity index (χ4n) is 4.19. The molecule has 2 unspecified atom stereocenters. The van der Waals surface area contributed by atoms with E-state index in [1.807, 2.05) is 0 Å². The van der Waals surface area contributed by atoms with Crippen molar-refractivity contribution in [2.75, 3.05) is 0 Å². The lowest BCUT2D eigenvalue weighted by Crippen LogP contribution is -2.65. The number of rotatable bonds is 1. The van der Waals surface area contributed by atoms with Gasteiger partial charge in [0.15, 0.2) is 0 Å². The van der Waals surface area contributed by atoms with Crippen LogP contribution < -0.4 is 0 Å². The lowest BCUT2D eigenvalue weighted by Gasteiger charge is -2.64. The van der Waals surface area contributed by atoms with Crippen LogP contribution in [0.2, 0.25) is 5.82 Å². The minimum atomic E-state index is -0.0206. The van der Waals surface area contributed by atoms with Gasteiger partial charge in [-0.15, -0.1) is 0 Å². The molecule has 90 valence electrons. The third-order valence-corrected chi connectivity index (χ3v) is 5.51. The van der Waals surface area contributed by atoms with Crippen LogP contribution in [-0.2, 0) is 9.31 Å². The molecule has 2 bridgehead atoms. The van der Waals surface area contributed by atoms with Gasteiger partial charge in [-0.3, -0.25) is 0 Å². The van der Waals surface area contributed by atoms with Gasteiger partial charge in [0.25, 0.3) is 0 Å². The van der Waals surface area contributed by atoms with Gasteiger partial charge >= 0.3 is 7.12 Å². The van der Waals surface area contributed by atoms with Gasteiger partial charge in [0, 0.05) is 0 Å². The van der Waals surface area contributed by atoms with Gasteiger partial charge in [0.2, 0.25) is 0 Å². The Morgan fingerprint density at radius 1 is 1.19 bits per heavy atom. The SMILES string of the molecule is CC(C)B1O[C@H]2CC3CC(C3(C)C)[C@@]2(C)O1. The van der Waals surface area contributed by atoms with Crippen molar-refractivity contribution in [3.63, 3.8) is 0 Å². The van der Waals surface area contributed by atoms with E-state index in [9.17, 15) is 0 Å². The van der Waals surface area contributed by atoms with Gasteiger partial charge in [-0.25, -0.2) is 0 Å². The van der Waals surface area contributed by atoms with E-state index in [-0.39, 0.29) is 12.7 Å². The maximum atomic E-state index is 6.28. The van der Waals surface area contributed by atoms with Crippen LogP contribution in [0.4, 0.5) is 0 Å². The van der Waals surface area contributed by atoms with E-state index in [0.29, 0.717) is 23.3 Å². The van der Waals surface area contributed by atoms with E-state index in [1.54, 1.807) is 0 Å². The smallest absolute Gasteiger partial charge is 0.405 e. The molecule has 4 rings (SSSR count). The van der Waals surface area contributed by atoms with Crippen molar-refractivity contribution < 1.29 is 9.31 Å². The van der Waals surface area contributed by atoms with E-state index in [1.165, 1.54) is 12.8 Å². The van der Waals surface area contributed by atoms with Crippen molar-refractivity contribution in [3.05, 3.63) is 0 Å². The van der Waals surface area contributed by atoms with Crippen LogP contribution in [0.5, 0.6) is 0 Å². The van der Waals surface area contributed by atoms with Crippen molar-refractivity contribution in [2.45, 2.75) is 65.0 Å². The predicted octanol–water partition coefficient (Wildman–Crippen LogP) is 3.12. The molecule has 3 aliphatic carbocycles. The third kappa shape index (κ3) is 1.17. The first-order chi connectivity index (χ1) is 7.35. The minimum absolute atomic E-state index is 0.0187. The van der Waals surface area contributed by atoms with Gasteiger partial charge in [-0.1, -0.05) is 27.7 Å². The van der Waals surface area contributed by atoms with Crippen LogP contribution in [0.15, 0.2) is 0 Å². The first-order valence-corrected chi connectivity index (χ1v) is 6.69. The molecule has 4 aliphatic rings. The summed E-state index contributed by atoms with van der Waals surface area (Å²) < 4.78 is 12.4. The zero-order chi connectivity index (χ0) is 11.7. The predicted molar refractivity (Wildman–Crippen MR) is 65.2 cm³/mol. The molecule has 0 amide bonds. The van der Waals surface area contributed by atoms with Crippen LogP contribution in [0, 0.1) is 17.3 Å². The molecule has 2 nitrogen and oxygen atoms in total. The quantitative estimate of drug-likeness (QED) is 0.634. The molecule has 4 fully saturated rings. The molecular formula is C13H23BO2. The highest BCUT2D eigenvalue weighted by Crippen LogP contribution is 2.65. The topological polar surface area (TPSA) is 18.5 Å². The highest BCUT2D eigenvalue weighted by Gasteiger charge is 2.67. The third-order valence-electron chi connectivity index (χ3n) is 5.51.